The minimum atomic E-state index is 0.638. The Labute approximate surface area is 131 Å². The van der Waals surface area contributed by atoms with Crippen LogP contribution in [0.15, 0.2) is 61.7 Å². The number of benzene rings is 2. The van der Waals surface area contributed by atoms with E-state index in [1.807, 2.05) is 36.4 Å². The molecule has 2 aromatic rings. The van der Waals surface area contributed by atoms with E-state index < -0.39 is 0 Å². The van der Waals surface area contributed by atoms with Crippen molar-refractivity contribution in [2.24, 2.45) is 0 Å². The average molecular weight is 284 g/mol. The summed E-state index contributed by atoms with van der Waals surface area (Å²) in [5.74, 6) is 0. The smallest absolute Gasteiger partial charge is 0.0991 e. The van der Waals surface area contributed by atoms with Crippen molar-refractivity contribution in [2.75, 3.05) is 0 Å². The fourth-order valence-electron chi connectivity index (χ4n) is 2.21. The van der Waals surface area contributed by atoms with Gasteiger partial charge in [0.1, 0.15) is 0 Å². The Balaban J connectivity index is 2.03. The summed E-state index contributed by atoms with van der Waals surface area (Å²) in [6, 6.07) is 19.2. The maximum Gasteiger partial charge on any atom is 0.0991 e. The van der Waals surface area contributed by atoms with Crippen molar-refractivity contribution >= 4 is 11.1 Å². The van der Waals surface area contributed by atoms with E-state index in [1.54, 1.807) is 12.1 Å². The van der Waals surface area contributed by atoms with Crippen LogP contribution in [-0.2, 0) is 0 Å². The molecule has 0 aliphatic heterocycles. The Hall–Kier alpha value is -3.10. The third kappa shape index (κ3) is 3.72. The minimum Gasteiger partial charge on any atom is -0.192 e. The van der Waals surface area contributed by atoms with Gasteiger partial charge in [-0.3, -0.25) is 0 Å². The van der Waals surface area contributed by atoms with E-state index >= 15 is 0 Å². The van der Waals surface area contributed by atoms with Crippen LogP contribution >= 0.6 is 0 Å². The lowest BCUT2D eigenvalue weighted by molar-refractivity contribution is 1.09. The standard InChI is InChI=1S/C20H16N2/c1-15(19-7-3-5-17(11-19)13-21)9-10-16(2)20-8-4-6-18(12-20)14-22/h3-8,11-12H,1-2,9-10H2. The van der Waals surface area contributed by atoms with E-state index in [1.165, 1.54) is 0 Å². The Morgan fingerprint density at radius 1 is 0.773 bits per heavy atom. The summed E-state index contributed by atoms with van der Waals surface area (Å²) in [6.45, 7) is 8.19. The molecule has 0 aromatic heterocycles. The highest BCUT2D eigenvalue weighted by Gasteiger charge is 2.04. The lowest BCUT2D eigenvalue weighted by atomic mass is 9.95. The highest BCUT2D eigenvalue weighted by molar-refractivity contribution is 5.70. The van der Waals surface area contributed by atoms with Gasteiger partial charge in [-0.05, 0) is 59.4 Å². The zero-order chi connectivity index (χ0) is 15.9. The highest BCUT2D eigenvalue weighted by atomic mass is 14.2. The second-order valence-electron chi connectivity index (χ2n) is 5.09. The van der Waals surface area contributed by atoms with Crippen LogP contribution in [0.4, 0.5) is 0 Å². The van der Waals surface area contributed by atoms with Crippen molar-refractivity contribution in [2.45, 2.75) is 12.8 Å². The first-order valence-electron chi connectivity index (χ1n) is 7.00. The van der Waals surface area contributed by atoms with E-state index in [9.17, 15) is 0 Å². The van der Waals surface area contributed by atoms with Gasteiger partial charge >= 0.3 is 0 Å². The summed E-state index contributed by atoms with van der Waals surface area (Å²) in [6.07, 6.45) is 1.54. The molecule has 22 heavy (non-hydrogen) atoms. The molecule has 0 amide bonds. The highest BCUT2D eigenvalue weighted by Crippen LogP contribution is 2.25. The third-order valence-corrected chi connectivity index (χ3v) is 3.53. The monoisotopic (exact) mass is 284 g/mol. The first-order chi connectivity index (χ1) is 10.6. The van der Waals surface area contributed by atoms with Crippen molar-refractivity contribution < 1.29 is 0 Å². The fourth-order valence-corrected chi connectivity index (χ4v) is 2.21. The van der Waals surface area contributed by atoms with Gasteiger partial charge in [0.25, 0.3) is 0 Å². The summed E-state index contributed by atoms with van der Waals surface area (Å²) in [5.41, 5.74) is 5.21. The lowest BCUT2D eigenvalue weighted by Gasteiger charge is -2.09. The van der Waals surface area contributed by atoms with Crippen LogP contribution in [0.1, 0.15) is 35.1 Å². The average Bonchev–Trinajstić information content (AvgIpc) is 2.59. The minimum absolute atomic E-state index is 0.638. The van der Waals surface area contributed by atoms with Crippen molar-refractivity contribution in [1.29, 1.82) is 10.5 Å². The molecule has 0 unspecified atom stereocenters. The van der Waals surface area contributed by atoms with E-state index in [0.29, 0.717) is 11.1 Å². The number of nitrogens with zero attached hydrogens (tertiary/aromatic N) is 2. The van der Waals surface area contributed by atoms with Gasteiger partial charge in [-0.2, -0.15) is 10.5 Å². The Kier molecular flexibility index (Phi) is 4.91. The van der Waals surface area contributed by atoms with Crippen molar-refractivity contribution in [1.82, 2.24) is 0 Å². The van der Waals surface area contributed by atoms with Crippen LogP contribution < -0.4 is 0 Å². The topological polar surface area (TPSA) is 47.6 Å². The van der Waals surface area contributed by atoms with Crippen LogP contribution in [0.5, 0.6) is 0 Å². The zero-order valence-electron chi connectivity index (χ0n) is 12.3. The number of hydrogen-bond acceptors (Lipinski definition) is 2. The quantitative estimate of drug-likeness (QED) is 0.781. The molecule has 2 rings (SSSR count). The van der Waals surface area contributed by atoms with Gasteiger partial charge in [0.05, 0.1) is 23.3 Å². The second-order valence-corrected chi connectivity index (χ2v) is 5.09. The maximum absolute atomic E-state index is 8.94. The van der Waals surface area contributed by atoms with Crippen LogP contribution in [0, 0.1) is 22.7 Å². The van der Waals surface area contributed by atoms with Gasteiger partial charge < -0.3 is 0 Å². The van der Waals surface area contributed by atoms with Crippen LogP contribution in [0.2, 0.25) is 0 Å². The molecule has 0 spiro atoms. The zero-order valence-corrected chi connectivity index (χ0v) is 12.3. The lowest BCUT2D eigenvalue weighted by Crippen LogP contribution is -1.89. The van der Waals surface area contributed by atoms with Crippen molar-refractivity contribution in [3.8, 4) is 12.1 Å². The molecule has 106 valence electrons. The molecule has 0 atom stereocenters. The summed E-state index contributed by atoms with van der Waals surface area (Å²) < 4.78 is 0. The molecule has 2 aromatic carbocycles. The van der Waals surface area contributed by atoms with E-state index in [-0.39, 0.29) is 0 Å². The number of rotatable bonds is 5. The number of hydrogen-bond donors (Lipinski definition) is 0. The molecule has 0 aliphatic carbocycles. The molecule has 2 nitrogen and oxygen atoms in total. The Morgan fingerprint density at radius 2 is 1.18 bits per heavy atom. The van der Waals surface area contributed by atoms with Gasteiger partial charge in [-0.25, -0.2) is 0 Å². The van der Waals surface area contributed by atoms with Crippen LogP contribution in [-0.4, -0.2) is 0 Å². The molecule has 0 bridgehead atoms. The van der Waals surface area contributed by atoms with E-state index in [2.05, 4.69) is 25.3 Å². The van der Waals surface area contributed by atoms with Gasteiger partial charge in [0.2, 0.25) is 0 Å². The summed E-state index contributed by atoms with van der Waals surface area (Å²) in [7, 11) is 0. The summed E-state index contributed by atoms with van der Waals surface area (Å²) >= 11 is 0. The normalized spacial score (nSPS) is 9.55. The molecular weight excluding hydrogens is 268 g/mol. The predicted molar refractivity (Wildman–Crippen MR) is 89.6 cm³/mol. The van der Waals surface area contributed by atoms with Gasteiger partial charge in [-0.15, -0.1) is 0 Å². The number of nitriles is 2. The van der Waals surface area contributed by atoms with Crippen LogP contribution in [0.3, 0.4) is 0 Å². The summed E-state index contributed by atoms with van der Waals surface area (Å²) in [4.78, 5) is 0. The van der Waals surface area contributed by atoms with Gasteiger partial charge in [-0.1, -0.05) is 37.4 Å². The first kappa shape index (κ1) is 15.3. The first-order valence-corrected chi connectivity index (χ1v) is 7.00. The molecular formula is C20H16N2. The number of allylic oxidation sites excluding steroid dienone is 2. The molecule has 0 heterocycles. The molecule has 0 saturated heterocycles. The Bertz CT molecular complexity index is 731. The van der Waals surface area contributed by atoms with Gasteiger partial charge in [0.15, 0.2) is 0 Å². The third-order valence-electron chi connectivity index (χ3n) is 3.53. The molecule has 0 radical (unpaired) electrons. The molecule has 0 saturated carbocycles. The van der Waals surface area contributed by atoms with Crippen molar-refractivity contribution in [3.63, 3.8) is 0 Å². The molecule has 0 fully saturated rings. The largest absolute Gasteiger partial charge is 0.192 e. The SMILES string of the molecule is C=C(CCC(=C)c1cccc(C#N)c1)c1cccc(C#N)c1. The Morgan fingerprint density at radius 3 is 1.55 bits per heavy atom. The molecule has 0 N–H and O–H groups in total. The maximum atomic E-state index is 8.94. The van der Waals surface area contributed by atoms with E-state index in [4.69, 9.17) is 10.5 Å². The second kappa shape index (κ2) is 7.07. The van der Waals surface area contributed by atoms with Crippen molar-refractivity contribution in [3.05, 3.63) is 83.9 Å². The predicted octanol–water partition coefficient (Wildman–Crippen LogP) is 4.94. The van der Waals surface area contributed by atoms with E-state index in [0.717, 1.165) is 35.1 Å². The molecule has 2 heteroatoms. The van der Waals surface area contributed by atoms with Gasteiger partial charge in [0, 0.05) is 0 Å². The fraction of sp³-hybridized carbons (Fsp3) is 0.100. The summed E-state index contributed by atoms with van der Waals surface area (Å²) in [5, 5.41) is 17.9. The molecule has 0 aliphatic rings. The van der Waals surface area contributed by atoms with Crippen LogP contribution in [0.25, 0.3) is 11.1 Å².